The van der Waals surface area contributed by atoms with Crippen molar-refractivity contribution in [2.45, 2.75) is 38.5 Å². The summed E-state index contributed by atoms with van der Waals surface area (Å²) in [6.45, 7) is 5.53. The van der Waals surface area contributed by atoms with E-state index < -0.39 is 21.4 Å². The van der Waals surface area contributed by atoms with Crippen molar-refractivity contribution < 1.29 is 22.7 Å². The molecule has 26 heavy (non-hydrogen) atoms. The molecule has 0 atom stereocenters. The van der Waals surface area contributed by atoms with E-state index in [9.17, 15) is 18.0 Å². The largest absolute Gasteiger partial charge is 0.457 e. The number of ether oxygens (including phenoxy) is 1. The third kappa shape index (κ3) is 5.05. The van der Waals surface area contributed by atoms with Crippen LogP contribution in [-0.2, 0) is 24.3 Å². The monoisotopic (exact) mass is 401 g/mol. The molecule has 2 rings (SSSR count). The molecule has 1 aliphatic rings. The molecule has 144 valence electrons. The molecule has 1 aromatic carbocycles. The molecule has 1 saturated heterocycles. The first-order valence-electron chi connectivity index (χ1n) is 8.47. The van der Waals surface area contributed by atoms with Crippen LogP contribution >= 0.6 is 11.6 Å². The van der Waals surface area contributed by atoms with Crippen LogP contribution < -0.4 is 0 Å². The van der Waals surface area contributed by atoms with Gasteiger partial charge in [-0.15, -0.1) is 0 Å². The number of carbonyl (C=O) groups is 2. The first kappa shape index (κ1) is 20.9. The maximum absolute atomic E-state index is 12.6. The Balaban J connectivity index is 1.91. The van der Waals surface area contributed by atoms with E-state index in [4.69, 9.17) is 16.3 Å². The summed E-state index contributed by atoms with van der Waals surface area (Å²) in [7, 11) is -3.60. The first-order valence-corrected chi connectivity index (χ1v) is 10.3. The summed E-state index contributed by atoms with van der Waals surface area (Å²) in [5.41, 5.74) is -0.559. The molecule has 8 heteroatoms. The van der Waals surface area contributed by atoms with Crippen LogP contribution in [0.2, 0.25) is 5.02 Å². The normalized spacial score (nSPS) is 17.1. The van der Waals surface area contributed by atoms with Gasteiger partial charge in [-0.2, -0.15) is 4.31 Å². The minimum Gasteiger partial charge on any atom is -0.457 e. The Kier molecular flexibility index (Phi) is 6.47. The van der Waals surface area contributed by atoms with Crippen LogP contribution in [0.3, 0.4) is 0 Å². The Hall–Kier alpha value is -1.44. The Morgan fingerprint density at radius 1 is 1.15 bits per heavy atom. The fraction of sp³-hybridized carbons (Fsp3) is 0.556. The number of carbonyl (C=O) groups excluding carboxylic acids is 2. The summed E-state index contributed by atoms with van der Waals surface area (Å²) in [4.78, 5) is 24.2. The number of ketones is 1. The maximum atomic E-state index is 12.6. The van der Waals surface area contributed by atoms with Crippen LogP contribution in [0, 0.1) is 11.3 Å². The van der Waals surface area contributed by atoms with Crippen molar-refractivity contribution in [2.24, 2.45) is 11.3 Å². The number of sulfonamides is 1. The summed E-state index contributed by atoms with van der Waals surface area (Å²) in [5.74, 6) is -0.973. The molecule has 6 nitrogen and oxygen atoms in total. The Morgan fingerprint density at radius 3 is 2.19 bits per heavy atom. The van der Waals surface area contributed by atoms with Crippen LogP contribution in [0.5, 0.6) is 0 Å². The molecule has 1 aromatic rings. The average Bonchev–Trinajstić information content (AvgIpc) is 2.59. The number of hydrogen-bond acceptors (Lipinski definition) is 5. The fourth-order valence-corrected chi connectivity index (χ4v) is 4.15. The molecule has 0 unspecified atom stereocenters. The third-order valence-corrected chi connectivity index (χ3v) is 6.59. The van der Waals surface area contributed by atoms with Crippen molar-refractivity contribution in [1.82, 2.24) is 4.31 Å². The Bertz CT molecular complexity index is 760. The molecular formula is C18H24ClNO5S. The van der Waals surface area contributed by atoms with E-state index in [-0.39, 0.29) is 36.3 Å². The quantitative estimate of drug-likeness (QED) is 0.708. The molecule has 0 saturated carbocycles. The molecule has 0 spiro atoms. The second kappa shape index (κ2) is 8.06. The average molecular weight is 402 g/mol. The zero-order valence-electron chi connectivity index (χ0n) is 15.2. The lowest BCUT2D eigenvalue weighted by atomic mass is 9.91. The lowest BCUT2D eigenvalue weighted by Gasteiger charge is -2.30. The van der Waals surface area contributed by atoms with Crippen molar-refractivity contribution in [3.63, 3.8) is 0 Å². The number of hydrogen-bond donors (Lipinski definition) is 0. The molecule has 0 bridgehead atoms. The van der Waals surface area contributed by atoms with Gasteiger partial charge >= 0.3 is 5.97 Å². The van der Waals surface area contributed by atoms with Crippen LogP contribution in [0.15, 0.2) is 29.2 Å². The van der Waals surface area contributed by atoms with Gasteiger partial charge in [-0.25, -0.2) is 8.42 Å². The van der Waals surface area contributed by atoms with E-state index in [0.717, 1.165) is 0 Å². The van der Waals surface area contributed by atoms with Crippen molar-refractivity contribution in [3.8, 4) is 0 Å². The van der Waals surface area contributed by atoms with Gasteiger partial charge in [0.05, 0.1) is 10.8 Å². The topological polar surface area (TPSA) is 80.8 Å². The van der Waals surface area contributed by atoms with Crippen molar-refractivity contribution >= 4 is 33.4 Å². The van der Waals surface area contributed by atoms with Gasteiger partial charge in [-0.1, -0.05) is 32.4 Å². The molecule has 1 fully saturated rings. The highest BCUT2D eigenvalue weighted by molar-refractivity contribution is 7.89. The van der Waals surface area contributed by atoms with Crippen molar-refractivity contribution in [2.75, 3.05) is 19.7 Å². The van der Waals surface area contributed by atoms with E-state index in [1.165, 1.54) is 28.6 Å². The van der Waals surface area contributed by atoms with E-state index in [0.29, 0.717) is 17.9 Å². The van der Waals surface area contributed by atoms with E-state index >= 15 is 0 Å². The number of nitrogens with zero attached hydrogens (tertiary/aromatic N) is 1. The minimum atomic E-state index is -3.60. The molecule has 0 aliphatic carbocycles. The first-order chi connectivity index (χ1) is 12.0. The zero-order chi connectivity index (χ0) is 19.5. The molecule has 0 amide bonds. The lowest BCUT2D eigenvalue weighted by Crippen LogP contribution is -2.41. The Labute approximate surface area is 159 Å². The van der Waals surface area contributed by atoms with E-state index in [1.54, 1.807) is 20.8 Å². The van der Waals surface area contributed by atoms with Gasteiger partial charge in [-0.05, 0) is 37.1 Å². The van der Waals surface area contributed by atoms with Gasteiger partial charge in [-0.3, -0.25) is 9.59 Å². The highest BCUT2D eigenvalue weighted by Gasteiger charge is 2.33. The molecule has 1 heterocycles. The summed E-state index contributed by atoms with van der Waals surface area (Å²) < 4.78 is 31.7. The third-order valence-electron chi connectivity index (χ3n) is 4.42. The van der Waals surface area contributed by atoms with Gasteiger partial charge in [0.15, 0.2) is 12.4 Å². The summed E-state index contributed by atoms with van der Waals surface area (Å²) >= 11 is 5.80. The van der Waals surface area contributed by atoms with Gasteiger partial charge in [0.25, 0.3) is 0 Å². The summed E-state index contributed by atoms with van der Waals surface area (Å²) in [6, 6.07) is 6.00. The van der Waals surface area contributed by atoms with Gasteiger partial charge in [0, 0.05) is 23.5 Å². The number of benzene rings is 1. The zero-order valence-corrected chi connectivity index (χ0v) is 16.8. The van der Waals surface area contributed by atoms with Crippen LogP contribution in [0.1, 0.15) is 33.6 Å². The van der Waals surface area contributed by atoms with Gasteiger partial charge < -0.3 is 4.74 Å². The number of rotatable bonds is 5. The van der Waals surface area contributed by atoms with Crippen LogP contribution in [-0.4, -0.2) is 44.2 Å². The second-order valence-electron chi connectivity index (χ2n) is 7.41. The van der Waals surface area contributed by atoms with Crippen LogP contribution in [0.4, 0.5) is 0 Å². The maximum Gasteiger partial charge on any atom is 0.309 e. The number of Topliss-reactive ketones (excluding diaryl/α,β-unsaturated/α-hetero) is 1. The number of esters is 1. The predicted octanol–water partition coefficient (Wildman–Crippen LogP) is 2.90. The second-order valence-corrected chi connectivity index (χ2v) is 9.79. The SMILES string of the molecule is CC(C)(C)C(=O)COC(=O)C1CCN(S(=O)(=O)c2ccc(Cl)cc2)CC1. The summed E-state index contributed by atoms with van der Waals surface area (Å²) in [6.07, 6.45) is 0.741. The van der Waals surface area contributed by atoms with Crippen LogP contribution in [0.25, 0.3) is 0 Å². The molecule has 0 radical (unpaired) electrons. The van der Waals surface area contributed by atoms with Crippen molar-refractivity contribution in [3.05, 3.63) is 29.3 Å². The van der Waals surface area contributed by atoms with Gasteiger partial charge in [0.1, 0.15) is 0 Å². The highest BCUT2D eigenvalue weighted by atomic mass is 35.5. The highest BCUT2D eigenvalue weighted by Crippen LogP contribution is 2.25. The van der Waals surface area contributed by atoms with Crippen molar-refractivity contribution in [1.29, 1.82) is 0 Å². The molecule has 0 N–H and O–H groups in total. The van der Waals surface area contributed by atoms with E-state index in [2.05, 4.69) is 0 Å². The molecule has 1 aliphatic heterocycles. The summed E-state index contributed by atoms with van der Waals surface area (Å²) in [5, 5.41) is 0.468. The molecular weight excluding hydrogens is 378 g/mol. The Morgan fingerprint density at radius 2 is 1.69 bits per heavy atom. The fourth-order valence-electron chi connectivity index (χ4n) is 2.56. The van der Waals surface area contributed by atoms with Gasteiger partial charge in [0.2, 0.25) is 10.0 Å². The number of piperidine rings is 1. The smallest absolute Gasteiger partial charge is 0.309 e. The predicted molar refractivity (Wildman–Crippen MR) is 98.4 cm³/mol. The number of halogens is 1. The lowest BCUT2D eigenvalue weighted by molar-refractivity contribution is -0.154. The standard InChI is InChI=1S/C18H24ClNO5S/c1-18(2,3)16(21)12-25-17(22)13-8-10-20(11-9-13)26(23,24)15-6-4-14(19)5-7-15/h4-7,13H,8-12H2,1-3H3. The molecule has 0 aromatic heterocycles. The minimum absolute atomic E-state index is 0.145. The van der Waals surface area contributed by atoms with E-state index in [1.807, 2.05) is 0 Å².